The van der Waals surface area contributed by atoms with Gasteiger partial charge in [0.1, 0.15) is 11.5 Å². The van der Waals surface area contributed by atoms with Gasteiger partial charge in [-0.1, -0.05) is 50.3 Å². The van der Waals surface area contributed by atoms with Gasteiger partial charge in [-0.05, 0) is 75.5 Å². The molecule has 0 bridgehead atoms. The Morgan fingerprint density at radius 3 is 1.65 bits per heavy atom. The van der Waals surface area contributed by atoms with Crippen LogP contribution in [0.5, 0.6) is 5.75 Å². The van der Waals surface area contributed by atoms with E-state index in [4.69, 9.17) is 5.73 Å². The molecule has 1 aromatic carbocycles. The highest BCUT2D eigenvalue weighted by molar-refractivity contribution is 5.81. The average Bonchev–Trinajstić information content (AvgIpc) is 3.03. The number of carbonyl (C=O) groups excluding carboxylic acids is 2. The summed E-state index contributed by atoms with van der Waals surface area (Å²) < 4.78 is 0. The zero-order chi connectivity index (χ0) is 39.2. The van der Waals surface area contributed by atoms with Crippen LogP contribution in [0, 0.1) is 5.92 Å². The molecule has 1 aromatic rings. The zero-order valence-corrected chi connectivity index (χ0v) is 30.5. The Morgan fingerprint density at radius 1 is 0.673 bits per heavy atom. The van der Waals surface area contributed by atoms with Crippen molar-refractivity contribution in [2.24, 2.45) is 11.7 Å². The van der Waals surface area contributed by atoms with Gasteiger partial charge in [0, 0.05) is 31.7 Å². The van der Waals surface area contributed by atoms with Gasteiger partial charge in [0.2, 0.25) is 5.91 Å². The topological polar surface area (TPSA) is 274 Å². The number of hydrogen-bond acceptors (Lipinski definition) is 13. The second-order valence-electron chi connectivity index (χ2n) is 14.2. The van der Waals surface area contributed by atoms with Gasteiger partial charge in [0.05, 0.1) is 61.0 Å². The van der Waals surface area contributed by atoms with Crippen LogP contribution in [0.2, 0.25) is 0 Å². The van der Waals surface area contributed by atoms with Crippen molar-refractivity contribution in [3.8, 4) is 5.75 Å². The molecule has 13 N–H and O–H groups in total. The van der Waals surface area contributed by atoms with Crippen LogP contribution in [0.15, 0.2) is 48.6 Å². The first-order valence-electron chi connectivity index (χ1n) is 18.2. The molecule has 0 heterocycles. The maximum atomic E-state index is 12.2. The van der Waals surface area contributed by atoms with E-state index in [1.807, 2.05) is 0 Å². The van der Waals surface area contributed by atoms with Crippen molar-refractivity contribution in [1.82, 2.24) is 5.32 Å². The molecule has 14 nitrogen and oxygen atoms in total. The molecular formula is C38H64N2O12. The number of ketones is 1. The average molecular weight is 741 g/mol. The zero-order valence-electron chi connectivity index (χ0n) is 30.5. The van der Waals surface area contributed by atoms with Crippen LogP contribution in [-0.4, -0.2) is 130 Å². The van der Waals surface area contributed by atoms with Gasteiger partial charge in [-0.3, -0.25) is 9.59 Å². The Balaban J connectivity index is 2.22. The lowest BCUT2D eigenvalue weighted by Crippen LogP contribution is -2.42. The smallest absolute Gasteiger partial charge is 0.237 e. The SMILES string of the molecule is CC(C)C(=O)CC(O)CC(O)CC(O)/C=C/CC(O)CC(O)CC(O)CC(O)/C=C/CC(O)CC(O)CCCNC(=O)C(N)Cc1ccc(O)cc1. The van der Waals surface area contributed by atoms with Gasteiger partial charge in [0.25, 0.3) is 0 Å². The number of benzene rings is 1. The summed E-state index contributed by atoms with van der Waals surface area (Å²) in [6, 6.07) is 5.67. The number of nitrogens with two attached hydrogens (primary N) is 1. The fraction of sp³-hybridized carbons (Fsp3) is 0.684. The van der Waals surface area contributed by atoms with Gasteiger partial charge in [-0.25, -0.2) is 0 Å². The lowest BCUT2D eigenvalue weighted by molar-refractivity contribution is -0.124. The Labute approximate surface area is 307 Å². The first-order valence-corrected chi connectivity index (χ1v) is 18.2. The van der Waals surface area contributed by atoms with Gasteiger partial charge in [-0.2, -0.15) is 0 Å². The van der Waals surface area contributed by atoms with Crippen LogP contribution in [0.3, 0.4) is 0 Å². The number of Topliss-reactive ketones (excluding diaryl/α,β-unsaturated/α-hetero) is 1. The third-order valence-corrected chi connectivity index (χ3v) is 8.56. The van der Waals surface area contributed by atoms with Crippen LogP contribution in [0.25, 0.3) is 0 Å². The number of rotatable bonds is 28. The molecule has 0 fully saturated rings. The Hall–Kier alpha value is -2.76. The van der Waals surface area contributed by atoms with Crippen molar-refractivity contribution >= 4 is 11.7 Å². The fourth-order valence-electron chi connectivity index (χ4n) is 5.57. The third-order valence-electron chi connectivity index (χ3n) is 8.56. The standard InChI is InChI=1S/C38H64N2O12/c1-24(2)37(51)23-35(50)22-34(49)20-30(45)9-4-8-29(44)19-33(48)21-32(47)18-28(43)7-3-6-27(42)17-31(46)10-5-15-40-38(52)36(39)16-25-11-13-26(41)14-12-25/h3-4,7,9,11-14,24,27-36,41-50H,5-6,8,10,15-23,39H2,1-2H3,(H,40,52)/b7-3+,9-4+. The number of amides is 1. The number of hydrogen-bond donors (Lipinski definition) is 12. The van der Waals surface area contributed by atoms with Crippen molar-refractivity contribution in [2.75, 3.05) is 6.54 Å². The molecule has 0 saturated heterocycles. The lowest BCUT2D eigenvalue weighted by Gasteiger charge is -2.19. The van der Waals surface area contributed by atoms with Crippen LogP contribution in [-0.2, 0) is 16.0 Å². The van der Waals surface area contributed by atoms with E-state index in [2.05, 4.69) is 5.32 Å². The maximum Gasteiger partial charge on any atom is 0.237 e. The van der Waals surface area contributed by atoms with Crippen molar-refractivity contribution in [2.45, 2.75) is 152 Å². The minimum atomic E-state index is -1.07. The molecule has 298 valence electrons. The van der Waals surface area contributed by atoms with E-state index in [0.717, 1.165) is 5.56 Å². The van der Waals surface area contributed by atoms with Crippen LogP contribution in [0.1, 0.15) is 90.0 Å². The van der Waals surface area contributed by atoms with E-state index in [1.54, 1.807) is 32.1 Å². The Bertz CT molecular complexity index is 1180. The first-order chi connectivity index (χ1) is 24.4. The summed E-state index contributed by atoms with van der Waals surface area (Å²) in [4.78, 5) is 23.9. The highest BCUT2D eigenvalue weighted by Gasteiger charge is 2.21. The van der Waals surface area contributed by atoms with E-state index in [-0.39, 0.29) is 81.1 Å². The number of nitrogens with one attached hydrogen (secondary N) is 1. The fourth-order valence-corrected chi connectivity index (χ4v) is 5.57. The summed E-state index contributed by atoms with van der Waals surface area (Å²) in [5.74, 6) is -0.528. The first kappa shape index (κ1) is 47.3. The van der Waals surface area contributed by atoms with E-state index < -0.39 is 61.0 Å². The molecule has 10 atom stereocenters. The monoisotopic (exact) mass is 740 g/mol. The second-order valence-corrected chi connectivity index (χ2v) is 14.2. The normalized spacial score (nSPS) is 18.1. The van der Waals surface area contributed by atoms with Gasteiger partial charge in [0.15, 0.2) is 0 Å². The van der Waals surface area contributed by atoms with Crippen molar-refractivity contribution in [1.29, 1.82) is 0 Å². The quantitative estimate of drug-likeness (QED) is 0.0406. The van der Waals surface area contributed by atoms with Crippen molar-refractivity contribution in [3.05, 3.63) is 54.1 Å². The molecule has 10 unspecified atom stereocenters. The van der Waals surface area contributed by atoms with Crippen LogP contribution in [0.4, 0.5) is 0 Å². The number of aromatic hydroxyl groups is 1. The van der Waals surface area contributed by atoms with E-state index in [9.17, 15) is 60.7 Å². The highest BCUT2D eigenvalue weighted by Crippen LogP contribution is 2.16. The van der Waals surface area contributed by atoms with E-state index >= 15 is 0 Å². The summed E-state index contributed by atoms with van der Waals surface area (Å²) >= 11 is 0. The summed E-state index contributed by atoms with van der Waals surface area (Å²) in [7, 11) is 0. The summed E-state index contributed by atoms with van der Waals surface area (Å²) in [6.07, 6.45) is -1.97. The molecule has 52 heavy (non-hydrogen) atoms. The number of phenolic OH excluding ortho intramolecular Hbond substituents is 1. The van der Waals surface area contributed by atoms with Gasteiger partial charge >= 0.3 is 0 Å². The summed E-state index contributed by atoms with van der Waals surface area (Å²) in [5.41, 5.74) is 6.76. The van der Waals surface area contributed by atoms with Crippen molar-refractivity contribution < 1.29 is 60.7 Å². The molecule has 0 aliphatic rings. The lowest BCUT2D eigenvalue weighted by atomic mass is 9.97. The highest BCUT2D eigenvalue weighted by atomic mass is 16.3. The maximum absolute atomic E-state index is 12.2. The number of carbonyl (C=O) groups is 2. The van der Waals surface area contributed by atoms with E-state index in [1.165, 1.54) is 30.4 Å². The van der Waals surface area contributed by atoms with E-state index in [0.29, 0.717) is 25.8 Å². The minimum absolute atomic E-state index is 0.0511. The minimum Gasteiger partial charge on any atom is -0.508 e. The van der Waals surface area contributed by atoms with Crippen LogP contribution >= 0.6 is 0 Å². The van der Waals surface area contributed by atoms with Gasteiger partial charge < -0.3 is 62.1 Å². The Morgan fingerprint density at radius 2 is 1.13 bits per heavy atom. The molecule has 0 radical (unpaired) electrons. The molecule has 0 spiro atoms. The summed E-state index contributed by atoms with van der Waals surface area (Å²) in [5, 5.41) is 104. The second kappa shape index (κ2) is 26.1. The largest absolute Gasteiger partial charge is 0.508 e. The number of aliphatic hydroxyl groups is 9. The molecule has 14 heteroatoms. The molecule has 1 rings (SSSR count). The molecule has 0 aliphatic heterocycles. The van der Waals surface area contributed by atoms with Crippen LogP contribution < -0.4 is 11.1 Å². The number of phenols is 1. The van der Waals surface area contributed by atoms with Crippen molar-refractivity contribution in [3.63, 3.8) is 0 Å². The third kappa shape index (κ3) is 23.0. The Kier molecular flexibility index (Phi) is 23.7. The molecular weight excluding hydrogens is 676 g/mol. The molecule has 0 saturated carbocycles. The summed E-state index contributed by atoms with van der Waals surface area (Å²) in [6.45, 7) is 3.76. The molecule has 1 amide bonds. The molecule has 0 aromatic heterocycles. The molecule has 0 aliphatic carbocycles. The predicted octanol–water partition coefficient (Wildman–Crippen LogP) is 0.255. The predicted molar refractivity (Wildman–Crippen MR) is 196 cm³/mol. The van der Waals surface area contributed by atoms with Gasteiger partial charge in [-0.15, -0.1) is 0 Å². The number of aliphatic hydroxyl groups excluding tert-OH is 9.